The molecule has 0 unspecified atom stereocenters. The summed E-state index contributed by atoms with van der Waals surface area (Å²) >= 11 is 0.865. The Morgan fingerprint density at radius 2 is 1.94 bits per heavy atom. The van der Waals surface area contributed by atoms with E-state index >= 15 is 0 Å². The lowest BCUT2D eigenvalue weighted by Crippen LogP contribution is -2.32. The van der Waals surface area contributed by atoms with E-state index in [1.54, 1.807) is 6.08 Å². The van der Waals surface area contributed by atoms with Gasteiger partial charge in [0.2, 0.25) is 0 Å². The molecule has 4 nitrogen and oxygen atoms in total. The number of rotatable bonds is 3. The summed E-state index contributed by atoms with van der Waals surface area (Å²) in [6.45, 7) is 1.20. The average Bonchev–Trinajstić information content (AvgIpc) is 2.58. The van der Waals surface area contributed by atoms with Crippen molar-refractivity contribution in [3.63, 3.8) is 0 Å². The standard InChI is InChI=1S/C13H11NO3S/c1-9(15)8-14-12(16)11(18-13(14)17)7-10-5-3-2-4-6-10/h2-7H,8H2,1H3/b11-7-. The second-order valence-electron chi connectivity index (χ2n) is 3.88. The molecule has 0 spiro atoms. The van der Waals surface area contributed by atoms with E-state index in [4.69, 9.17) is 0 Å². The predicted octanol–water partition coefficient (Wildman–Crippen LogP) is 2.31. The number of amides is 2. The number of hydrogen-bond acceptors (Lipinski definition) is 4. The van der Waals surface area contributed by atoms with Gasteiger partial charge in [-0.2, -0.15) is 0 Å². The van der Waals surface area contributed by atoms with E-state index in [1.165, 1.54) is 6.92 Å². The Labute approximate surface area is 109 Å². The lowest BCUT2D eigenvalue weighted by molar-refractivity contribution is -0.127. The van der Waals surface area contributed by atoms with Gasteiger partial charge in [-0.25, -0.2) is 0 Å². The molecule has 0 aromatic heterocycles. The van der Waals surface area contributed by atoms with E-state index in [1.807, 2.05) is 30.3 Å². The molecule has 2 rings (SSSR count). The highest BCUT2D eigenvalue weighted by Crippen LogP contribution is 2.31. The molecule has 0 saturated carbocycles. The normalized spacial score (nSPS) is 17.6. The van der Waals surface area contributed by atoms with Gasteiger partial charge in [0.1, 0.15) is 5.78 Å². The van der Waals surface area contributed by atoms with Crippen molar-refractivity contribution < 1.29 is 14.4 Å². The quantitative estimate of drug-likeness (QED) is 0.783. The summed E-state index contributed by atoms with van der Waals surface area (Å²) < 4.78 is 0. The number of hydrogen-bond donors (Lipinski definition) is 0. The Kier molecular flexibility index (Phi) is 3.62. The molecule has 1 aliphatic rings. The maximum Gasteiger partial charge on any atom is 0.293 e. The van der Waals surface area contributed by atoms with Crippen molar-refractivity contribution >= 4 is 34.8 Å². The van der Waals surface area contributed by atoms with Gasteiger partial charge in [-0.05, 0) is 30.3 Å². The van der Waals surface area contributed by atoms with E-state index in [0.717, 1.165) is 22.2 Å². The second kappa shape index (κ2) is 5.18. The molecule has 1 aromatic carbocycles. The number of Topliss-reactive ketones (excluding diaryl/α,β-unsaturated/α-hetero) is 1. The third-order valence-corrected chi connectivity index (χ3v) is 3.26. The minimum atomic E-state index is -0.399. The van der Waals surface area contributed by atoms with Crippen molar-refractivity contribution in [1.82, 2.24) is 4.90 Å². The molecule has 0 N–H and O–H groups in total. The fraction of sp³-hybridized carbons (Fsp3) is 0.154. The molecule has 1 fully saturated rings. The number of benzene rings is 1. The lowest BCUT2D eigenvalue weighted by Gasteiger charge is -2.08. The summed E-state index contributed by atoms with van der Waals surface area (Å²) in [5.74, 6) is -0.609. The first kappa shape index (κ1) is 12.6. The van der Waals surface area contributed by atoms with Gasteiger partial charge in [-0.1, -0.05) is 30.3 Å². The van der Waals surface area contributed by atoms with Gasteiger partial charge in [-0.3, -0.25) is 19.3 Å². The van der Waals surface area contributed by atoms with Crippen molar-refractivity contribution in [3.05, 3.63) is 40.8 Å². The summed E-state index contributed by atoms with van der Waals surface area (Å²) in [4.78, 5) is 35.8. The summed E-state index contributed by atoms with van der Waals surface area (Å²) in [6, 6.07) is 9.27. The van der Waals surface area contributed by atoms with Gasteiger partial charge in [0, 0.05) is 0 Å². The van der Waals surface area contributed by atoms with Crippen LogP contribution in [0, 0.1) is 0 Å². The first-order valence-electron chi connectivity index (χ1n) is 5.38. The van der Waals surface area contributed by atoms with E-state index in [2.05, 4.69) is 0 Å². The van der Waals surface area contributed by atoms with Crippen LogP contribution in [0.5, 0.6) is 0 Å². The smallest absolute Gasteiger partial charge is 0.293 e. The van der Waals surface area contributed by atoms with Crippen LogP contribution in [0.15, 0.2) is 35.2 Å². The first-order valence-corrected chi connectivity index (χ1v) is 6.19. The van der Waals surface area contributed by atoms with Crippen molar-refractivity contribution in [2.24, 2.45) is 0 Å². The number of thioether (sulfide) groups is 1. The fourth-order valence-corrected chi connectivity index (χ4v) is 2.40. The zero-order chi connectivity index (χ0) is 13.1. The van der Waals surface area contributed by atoms with Gasteiger partial charge >= 0.3 is 0 Å². The molecule has 1 aromatic rings. The van der Waals surface area contributed by atoms with Crippen LogP contribution in [-0.2, 0) is 9.59 Å². The maximum atomic E-state index is 11.9. The zero-order valence-corrected chi connectivity index (χ0v) is 10.6. The highest BCUT2D eigenvalue weighted by Gasteiger charge is 2.35. The molecular formula is C13H11NO3S. The largest absolute Gasteiger partial charge is 0.298 e. The molecule has 0 atom stereocenters. The Balaban J connectivity index is 2.23. The van der Waals surface area contributed by atoms with Crippen molar-refractivity contribution in [2.45, 2.75) is 6.92 Å². The predicted molar refractivity (Wildman–Crippen MR) is 69.8 cm³/mol. The van der Waals surface area contributed by atoms with Crippen LogP contribution in [0.1, 0.15) is 12.5 Å². The van der Waals surface area contributed by atoms with Gasteiger partial charge in [0.05, 0.1) is 11.4 Å². The molecule has 0 bridgehead atoms. The summed E-state index contributed by atoms with van der Waals surface area (Å²) in [6.07, 6.45) is 1.66. The van der Waals surface area contributed by atoms with Crippen LogP contribution < -0.4 is 0 Å². The highest BCUT2D eigenvalue weighted by molar-refractivity contribution is 8.18. The van der Waals surface area contributed by atoms with E-state index in [9.17, 15) is 14.4 Å². The third kappa shape index (κ3) is 2.68. The number of ketones is 1. The number of carbonyl (C=O) groups excluding carboxylic acids is 3. The van der Waals surface area contributed by atoms with Crippen LogP contribution >= 0.6 is 11.8 Å². The number of nitrogens with zero attached hydrogens (tertiary/aromatic N) is 1. The van der Waals surface area contributed by atoms with E-state index < -0.39 is 11.1 Å². The Morgan fingerprint density at radius 3 is 2.56 bits per heavy atom. The fourth-order valence-electron chi connectivity index (χ4n) is 1.56. The second-order valence-corrected chi connectivity index (χ2v) is 4.87. The summed E-state index contributed by atoms with van der Waals surface area (Å²) in [5.41, 5.74) is 0.853. The number of imide groups is 1. The zero-order valence-electron chi connectivity index (χ0n) is 9.75. The van der Waals surface area contributed by atoms with E-state index in [0.29, 0.717) is 4.91 Å². The van der Waals surface area contributed by atoms with E-state index in [-0.39, 0.29) is 12.3 Å². The van der Waals surface area contributed by atoms with Gasteiger partial charge in [-0.15, -0.1) is 0 Å². The van der Waals surface area contributed by atoms with Crippen LogP contribution in [-0.4, -0.2) is 28.4 Å². The van der Waals surface area contributed by atoms with Gasteiger partial charge in [0.15, 0.2) is 0 Å². The van der Waals surface area contributed by atoms with Gasteiger partial charge < -0.3 is 0 Å². The molecule has 18 heavy (non-hydrogen) atoms. The maximum absolute atomic E-state index is 11.9. The number of carbonyl (C=O) groups is 3. The van der Waals surface area contributed by atoms with Crippen molar-refractivity contribution in [3.8, 4) is 0 Å². The first-order chi connectivity index (χ1) is 8.58. The minimum absolute atomic E-state index is 0.156. The molecule has 92 valence electrons. The molecule has 5 heteroatoms. The minimum Gasteiger partial charge on any atom is -0.298 e. The molecule has 0 aliphatic carbocycles. The highest BCUT2D eigenvalue weighted by atomic mass is 32.2. The molecule has 1 saturated heterocycles. The third-order valence-electron chi connectivity index (χ3n) is 2.35. The Morgan fingerprint density at radius 1 is 1.28 bits per heavy atom. The summed E-state index contributed by atoms with van der Waals surface area (Å²) in [5, 5.41) is -0.391. The summed E-state index contributed by atoms with van der Waals surface area (Å²) in [7, 11) is 0. The molecule has 1 aliphatic heterocycles. The molecule has 2 amide bonds. The van der Waals surface area contributed by atoms with Crippen LogP contribution in [0.25, 0.3) is 6.08 Å². The molecule has 1 heterocycles. The van der Waals surface area contributed by atoms with Crippen molar-refractivity contribution in [2.75, 3.05) is 6.54 Å². The molecular weight excluding hydrogens is 250 g/mol. The molecule has 0 radical (unpaired) electrons. The lowest BCUT2D eigenvalue weighted by atomic mass is 10.2. The van der Waals surface area contributed by atoms with Crippen LogP contribution in [0.2, 0.25) is 0 Å². The Hall–Kier alpha value is -1.88. The van der Waals surface area contributed by atoms with Crippen LogP contribution in [0.3, 0.4) is 0 Å². The monoisotopic (exact) mass is 261 g/mol. The Bertz CT molecular complexity index is 536. The average molecular weight is 261 g/mol. The van der Waals surface area contributed by atoms with Crippen LogP contribution in [0.4, 0.5) is 4.79 Å². The topological polar surface area (TPSA) is 54.5 Å². The van der Waals surface area contributed by atoms with Gasteiger partial charge in [0.25, 0.3) is 11.1 Å². The SMILES string of the molecule is CC(=O)CN1C(=O)S/C(=C\c2ccccc2)C1=O. The van der Waals surface area contributed by atoms with Crippen molar-refractivity contribution in [1.29, 1.82) is 0 Å².